The summed E-state index contributed by atoms with van der Waals surface area (Å²) in [7, 11) is -4.02. The molecule has 0 aliphatic carbocycles. The molecule has 0 aliphatic rings. The summed E-state index contributed by atoms with van der Waals surface area (Å²) >= 11 is 7.31. The van der Waals surface area contributed by atoms with E-state index in [0.717, 1.165) is 27.6 Å². The Bertz CT molecular complexity index is 1100. The number of halogens is 1. The maximum Gasteiger partial charge on any atom is 0.270 e. The fraction of sp³-hybridized carbons (Fsp3) is 0.118. The zero-order valence-corrected chi connectivity index (χ0v) is 16.4. The first-order chi connectivity index (χ1) is 12.8. The average molecular weight is 424 g/mol. The highest BCUT2D eigenvalue weighted by Crippen LogP contribution is 2.29. The summed E-state index contributed by atoms with van der Waals surface area (Å²) in [4.78, 5) is 15.1. The fourth-order valence-corrected chi connectivity index (χ4v) is 4.96. The maximum atomic E-state index is 12.6. The third-order valence-electron chi connectivity index (χ3n) is 3.75. The van der Waals surface area contributed by atoms with Crippen molar-refractivity contribution in [2.75, 3.05) is 0 Å². The zero-order chi connectivity index (χ0) is 19.6. The van der Waals surface area contributed by atoms with E-state index in [-0.39, 0.29) is 22.2 Å². The molecule has 0 fully saturated rings. The van der Waals surface area contributed by atoms with E-state index in [1.54, 1.807) is 6.92 Å². The lowest BCUT2D eigenvalue weighted by Crippen LogP contribution is -2.23. The van der Waals surface area contributed by atoms with Crippen LogP contribution in [-0.4, -0.2) is 18.3 Å². The largest absolute Gasteiger partial charge is 0.270 e. The SMILES string of the molecule is Cc1nc(-c2ccccc2)sc1CNS(=O)(=O)c1cc([N+](=O)[O-])ccc1Cl. The van der Waals surface area contributed by atoms with E-state index >= 15 is 0 Å². The van der Waals surface area contributed by atoms with Gasteiger partial charge in [0.25, 0.3) is 5.69 Å². The standard InChI is InChI=1S/C17H14ClN3O4S2/c1-11-15(26-17(20-11)12-5-3-2-4-6-12)10-19-27(24,25)16-9-13(21(22)23)7-8-14(16)18/h2-9,19H,10H2,1H3. The van der Waals surface area contributed by atoms with Crippen LogP contribution in [0.2, 0.25) is 5.02 Å². The Morgan fingerprint density at radius 2 is 1.93 bits per heavy atom. The number of benzene rings is 2. The van der Waals surface area contributed by atoms with Gasteiger partial charge in [-0.3, -0.25) is 10.1 Å². The number of non-ortho nitro benzene ring substituents is 1. The third-order valence-corrected chi connectivity index (χ3v) is 6.84. The van der Waals surface area contributed by atoms with Crippen molar-refractivity contribution in [1.29, 1.82) is 0 Å². The highest BCUT2D eigenvalue weighted by atomic mass is 35.5. The van der Waals surface area contributed by atoms with E-state index in [0.29, 0.717) is 5.69 Å². The summed E-state index contributed by atoms with van der Waals surface area (Å²) < 4.78 is 27.6. The van der Waals surface area contributed by atoms with Gasteiger partial charge in [-0.05, 0) is 13.0 Å². The molecule has 0 unspecified atom stereocenters. The van der Waals surface area contributed by atoms with Crippen molar-refractivity contribution in [3.05, 3.63) is 74.2 Å². The molecule has 7 nitrogen and oxygen atoms in total. The molecule has 3 aromatic rings. The van der Waals surface area contributed by atoms with Gasteiger partial charge in [0.2, 0.25) is 10.0 Å². The second-order valence-electron chi connectivity index (χ2n) is 5.59. The van der Waals surface area contributed by atoms with Gasteiger partial charge in [0.15, 0.2) is 0 Å². The molecule has 0 atom stereocenters. The number of sulfonamides is 1. The topological polar surface area (TPSA) is 102 Å². The van der Waals surface area contributed by atoms with Crippen LogP contribution in [0.3, 0.4) is 0 Å². The first kappa shape index (κ1) is 19.4. The highest BCUT2D eigenvalue weighted by molar-refractivity contribution is 7.89. The molecule has 27 heavy (non-hydrogen) atoms. The van der Waals surface area contributed by atoms with Crippen LogP contribution in [0.4, 0.5) is 5.69 Å². The minimum Gasteiger partial charge on any atom is -0.258 e. The van der Waals surface area contributed by atoms with E-state index in [1.165, 1.54) is 17.4 Å². The molecule has 3 rings (SSSR count). The van der Waals surface area contributed by atoms with E-state index in [9.17, 15) is 18.5 Å². The van der Waals surface area contributed by atoms with Crippen molar-refractivity contribution in [3.8, 4) is 10.6 Å². The van der Waals surface area contributed by atoms with E-state index in [1.807, 2.05) is 30.3 Å². The number of hydrogen-bond donors (Lipinski definition) is 1. The van der Waals surface area contributed by atoms with Crippen LogP contribution in [0.15, 0.2) is 53.4 Å². The summed E-state index contributed by atoms with van der Waals surface area (Å²) in [5.41, 5.74) is 1.31. The molecule has 0 aliphatic heterocycles. The zero-order valence-electron chi connectivity index (χ0n) is 14.0. The van der Waals surface area contributed by atoms with Crippen molar-refractivity contribution in [2.24, 2.45) is 0 Å². The molecule has 1 heterocycles. The highest BCUT2D eigenvalue weighted by Gasteiger charge is 2.22. The van der Waals surface area contributed by atoms with E-state index in [4.69, 9.17) is 11.6 Å². The van der Waals surface area contributed by atoms with Gasteiger partial charge in [0.05, 0.1) is 15.6 Å². The molecule has 0 radical (unpaired) electrons. The number of aryl methyl sites for hydroxylation is 1. The minimum absolute atomic E-state index is 0.0116. The lowest BCUT2D eigenvalue weighted by Gasteiger charge is -2.07. The molecule has 0 spiro atoms. The first-order valence-electron chi connectivity index (χ1n) is 7.73. The Morgan fingerprint density at radius 1 is 1.22 bits per heavy atom. The number of hydrogen-bond acceptors (Lipinski definition) is 6. The number of nitrogens with zero attached hydrogens (tertiary/aromatic N) is 2. The van der Waals surface area contributed by atoms with Crippen molar-refractivity contribution < 1.29 is 13.3 Å². The average Bonchev–Trinajstić information content (AvgIpc) is 3.02. The van der Waals surface area contributed by atoms with Crippen LogP contribution >= 0.6 is 22.9 Å². The van der Waals surface area contributed by atoms with Gasteiger partial charge in [-0.15, -0.1) is 11.3 Å². The van der Waals surface area contributed by atoms with Gasteiger partial charge in [0.1, 0.15) is 9.90 Å². The molecule has 0 bridgehead atoms. The van der Waals surface area contributed by atoms with Crippen LogP contribution in [0.1, 0.15) is 10.6 Å². The summed E-state index contributed by atoms with van der Waals surface area (Å²) in [6.45, 7) is 1.81. The Labute approximate surface area is 164 Å². The molecular weight excluding hydrogens is 410 g/mol. The molecule has 10 heteroatoms. The number of thiazole rings is 1. The van der Waals surface area contributed by atoms with Gasteiger partial charge in [0, 0.05) is 29.1 Å². The lowest BCUT2D eigenvalue weighted by atomic mass is 10.2. The molecule has 2 aromatic carbocycles. The van der Waals surface area contributed by atoms with Gasteiger partial charge < -0.3 is 0 Å². The van der Waals surface area contributed by atoms with Crippen molar-refractivity contribution in [1.82, 2.24) is 9.71 Å². The van der Waals surface area contributed by atoms with Gasteiger partial charge in [-0.1, -0.05) is 41.9 Å². The van der Waals surface area contributed by atoms with Gasteiger partial charge >= 0.3 is 0 Å². The van der Waals surface area contributed by atoms with E-state index in [2.05, 4.69) is 9.71 Å². The van der Waals surface area contributed by atoms with Crippen molar-refractivity contribution in [2.45, 2.75) is 18.4 Å². The maximum absolute atomic E-state index is 12.6. The molecule has 1 N–H and O–H groups in total. The minimum atomic E-state index is -4.02. The molecule has 0 saturated carbocycles. The molecular formula is C17H14ClN3O4S2. The van der Waals surface area contributed by atoms with Crippen LogP contribution in [0.25, 0.3) is 10.6 Å². The van der Waals surface area contributed by atoms with Crippen molar-refractivity contribution in [3.63, 3.8) is 0 Å². The second-order valence-corrected chi connectivity index (χ2v) is 8.82. The summed E-state index contributed by atoms with van der Waals surface area (Å²) in [6, 6.07) is 12.9. The molecule has 0 saturated heterocycles. The number of nitrogens with one attached hydrogen (secondary N) is 1. The Morgan fingerprint density at radius 3 is 2.59 bits per heavy atom. The van der Waals surface area contributed by atoms with Crippen LogP contribution in [-0.2, 0) is 16.6 Å². The van der Waals surface area contributed by atoms with Gasteiger partial charge in [-0.2, -0.15) is 0 Å². The van der Waals surface area contributed by atoms with E-state index < -0.39 is 14.9 Å². The number of aromatic nitrogens is 1. The smallest absolute Gasteiger partial charge is 0.258 e. The van der Waals surface area contributed by atoms with Crippen molar-refractivity contribution >= 4 is 38.6 Å². The number of nitro groups is 1. The summed E-state index contributed by atoms with van der Waals surface area (Å²) in [6.07, 6.45) is 0. The normalized spacial score (nSPS) is 11.5. The Hall–Kier alpha value is -2.33. The van der Waals surface area contributed by atoms with Crippen LogP contribution < -0.4 is 4.72 Å². The predicted octanol–water partition coefficient (Wildman–Crippen LogP) is 4.16. The second kappa shape index (κ2) is 7.73. The number of rotatable bonds is 6. The molecule has 140 valence electrons. The summed E-state index contributed by atoms with van der Waals surface area (Å²) in [5.74, 6) is 0. The molecule has 0 amide bonds. The molecule has 1 aromatic heterocycles. The van der Waals surface area contributed by atoms with Gasteiger partial charge in [-0.25, -0.2) is 18.1 Å². The number of nitro benzene ring substituents is 1. The Kier molecular flexibility index (Phi) is 5.56. The van der Waals surface area contributed by atoms with Crippen LogP contribution in [0.5, 0.6) is 0 Å². The predicted molar refractivity (Wildman–Crippen MR) is 104 cm³/mol. The third kappa shape index (κ3) is 4.33. The summed E-state index contributed by atoms with van der Waals surface area (Å²) in [5, 5.41) is 11.6. The Balaban J connectivity index is 1.83. The fourth-order valence-electron chi connectivity index (χ4n) is 2.35. The van der Waals surface area contributed by atoms with Crippen LogP contribution in [0, 0.1) is 17.0 Å². The first-order valence-corrected chi connectivity index (χ1v) is 10.4. The monoisotopic (exact) mass is 423 g/mol. The quantitative estimate of drug-likeness (QED) is 0.473. The lowest BCUT2D eigenvalue weighted by molar-refractivity contribution is -0.385.